The molecule has 0 bridgehead atoms. The number of halogens is 1. The van der Waals surface area contributed by atoms with Crippen LogP contribution in [-0.2, 0) is 11.3 Å². The van der Waals surface area contributed by atoms with Crippen LogP contribution in [0.1, 0.15) is 5.56 Å². The Labute approximate surface area is 90.4 Å². The van der Waals surface area contributed by atoms with Gasteiger partial charge in [-0.25, -0.2) is 4.39 Å². The van der Waals surface area contributed by atoms with Crippen LogP contribution in [0, 0.1) is 15.9 Å². The number of carbonyl (C=O) groups is 1. The number of hydrogen-bond donors (Lipinski definition) is 2. The number of primary amides is 1. The SMILES string of the molecule is NC(=O)CNCc1cc(F)cc([N+](=O)[O-])c1. The molecule has 0 aliphatic carbocycles. The van der Waals surface area contributed by atoms with Crippen LogP contribution in [-0.4, -0.2) is 17.4 Å². The van der Waals surface area contributed by atoms with Gasteiger partial charge in [0.1, 0.15) is 5.82 Å². The number of amides is 1. The monoisotopic (exact) mass is 227 g/mol. The Morgan fingerprint density at radius 1 is 1.50 bits per heavy atom. The third-order valence-electron chi connectivity index (χ3n) is 1.78. The number of rotatable bonds is 5. The lowest BCUT2D eigenvalue weighted by molar-refractivity contribution is -0.385. The third-order valence-corrected chi connectivity index (χ3v) is 1.78. The van der Waals surface area contributed by atoms with E-state index < -0.39 is 16.6 Å². The van der Waals surface area contributed by atoms with Gasteiger partial charge in [-0.3, -0.25) is 14.9 Å². The van der Waals surface area contributed by atoms with E-state index in [1.165, 1.54) is 6.07 Å². The second kappa shape index (κ2) is 5.17. The number of nitrogens with zero attached hydrogens (tertiary/aromatic N) is 1. The van der Waals surface area contributed by atoms with Crippen LogP contribution in [0.25, 0.3) is 0 Å². The zero-order valence-corrected chi connectivity index (χ0v) is 8.27. The molecule has 0 aliphatic heterocycles. The summed E-state index contributed by atoms with van der Waals surface area (Å²) in [4.78, 5) is 20.2. The van der Waals surface area contributed by atoms with Crippen molar-refractivity contribution in [1.29, 1.82) is 0 Å². The fraction of sp³-hybridized carbons (Fsp3) is 0.222. The highest BCUT2D eigenvalue weighted by Gasteiger charge is 2.09. The van der Waals surface area contributed by atoms with Gasteiger partial charge in [-0.2, -0.15) is 0 Å². The molecule has 0 saturated heterocycles. The molecule has 0 radical (unpaired) electrons. The number of nitrogens with two attached hydrogens (primary N) is 1. The van der Waals surface area contributed by atoms with Gasteiger partial charge in [-0.05, 0) is 11.6 Å². The summed E-state index contributed by atoms with van der Waals surface area (Å²) in [5.41, 5.74) is 4.94. The summed E-state index contributed by atoms with van der Waals surface area (Å²) in [5.74, 6) is -1.24. The molecule has 0 aromatic heterocycles. The number of benzene rings is 1. The molecule has 16 heavy (non-hydrogen) atoms. The maximum Gasteiger partial charge on any atom is 0.272 e. The molecule has 0 spiro atoms. The Morgan fingerprint density at radius 2 is 2.19 bits per heavy atom. The standard InChI is InChI=1S/C9H10FN3O3/c10-7-1-6(4-12-5-9(11)14)2-8(3-7)13(15)16/h1-3,12H,4-5H2,(H2,11,14). The molecular formula is C9H10FN3O3. The molecule has 6 nitrogen and oxygen atoms in total. The Kier molecular flexibility index (Phi) is 3.90. The van der Waals surface area contributed by atoms with Crippen LogP contribution in [0.2, 0.25) is 0 Å². The molecule has 86 valence electrons. The third kappa shape index (κ3) is 3.62. The van der Waals surface area contributed by atoms with Crippen molar-refractivity contribution in [3.63, 3.8) is 0 Å². The fourth-order valence-corrected chi connectivity index (χ4v) is 1.17. The van der Waals surface area contributed by atoms with Crippen LogP contribution in [0.15, 0.2) is 18.2 Å². The smallest absolute Gasteiger partial charge is 0.272 e. The van der Waals surface area contributed by atoms with E-state index in [4.69, 9.17) is 5.73 Å². The predicted molar refractivity (Wildman–Crippen MR) is 54.0 cm³/mol. The number of nitro benzene ring substituents is 1. The minimum Gasteiger partial charge on any atom is -0.369 e. The minimum atomic E-state index is -0.690. The molecule has 1 amide bonds. The van der Waals surface area contributed by atoms with E-state index in [1.54, 1.807) is 0 Å². The van der Waals surface area contributed by atoms with E-state index in [0.717, 1.165) is 12.1 Å². The van der Waals surface area contributed by atoms with Gasteiger partial charge >= 0.3 is 0 Å². The van der Waals surface area contributed by atoms with E-state index in [9.17, 15) is 19.3 Å². The second-order valence-corrected chi connectivity index (χ2v) is 3.14. The zero-order chi connectivity index (χ0) is 12.1. The summed E-state index contributed by atoms with van der Waals surface area (Å²) < 4.78 is 13.0. The molecule has 0 saturated carbocycles. The average molecular weight is 227 g/mol. The highest BCUT2D eigenvalue weighted by atomic mass is 19.1. The highest BCUT2D eigenvalue weighted by molar-refractivity contribution is 5.75. The topological polar surface area (TPSA) is 98.3 Å². The molecular weight excluding hydrogens is 217 g/mol. The predicted octanol–water partition coefficient (Wildman–Crippen LogP) is 0.309. The van der Waals surface area contributed by atoms with E-state index in [0.29, 0.717) is 5.56 Å². The van der Waals surface area contributed by atoms with Crippen LogP contribution >= 0.6 is 0 Å². The van der Waals surface area contributed by atoms with Crippen molar-refractivity contribution in [2.75, 3.05) is 6.54 Å². The zero-order valence-electron chi connectivity index (χ0n) is 8.27. The number of hydrogen-bond acceptors (Lipinski definition) is 4. The number of carbonyl (C=O) groups excluding carboxylic acids is 1. The molecule has 1 rings (SSSR count). The summed E-state index contributed by atoms with van der Waals surface area (Å²) >= 11 is 0. The van der Waals surface area contributed by atoms with Gasteiger partial charge in [0, 0.05) is 12.6 Å². The largest absolute Gasteiger partial charge is 0.369 e. The van der Waals surface area contributed by atoms with E-state index >= 15 is 0 Å². The Morgan fingerprint density at radius 3 is 2.75 bits per heavy atom. The molecule has 3 N–H and O–H groups in total. The molecule has 1 aromatic rings. The van der Waals surface area contributed by atoms with E-state index in [1.807, 2.05) is 0 Å². The molecule has 0 atom stereocenters. The van der Waals surface area contributed by atoms with Gasteiger partial charge in [0.05, 0.1) is 17.5 Å². The first-order valence-electron chi connectivity index (χ1n) is 4.42. The van der Waals surface area contributed by atoms with Crippen molar-refractivity contribution in [3.05, 3.63) is 39.7 Å². The van der Waals surface area contributed by atoms with Gasteiger partial charge in [0.25, 0.3) is 5.69 Å². The molecule has 0 unspecified atom stereocenters. The van der Waals surface area contributed by atoms with Crippen molar-refractivity contribution in [3.8, 4) is 0 Å². The average Bonchev–Trinajstić information content (AvgIpc) is 2.16. The molecule has 0 fully saturated rings. The van der Waals surface area contributed by atoms with Gasteiger partial charge in [-0.1, -0.05) is 0 Å². The van der Waals surface area contributed by atoms with Gasteiger partial charge in [-0.15, -0.1) is 0 Å². The molecule has 7 heteroatoms. The normalized spacial score (nSPS) is 10.1. The Balaban J connectivity index is 2.72. The fourth-order valence-electron chi connectivity index (χ4n) is 1.17. The van der Waals surface area contributed by atoms with Crippen LogP contribution in [0.4, 0.5) is 10.1 Å². The second-order valence-electron chi connectivity index (χ2n) is 3.14. The first-order valence-corrected chi connectivity index (χ1v) is 4.42. The van der Waals surface area contributed by atoms with Crippen LogP contribution in [0.5, 0.6) is 0 Å². The minimum absolute atomic E-state index is 0.0652. The van der Waals surface area contributed by atoms with E-state index in [2.05, 4.69) is 5.32 Å². The van der Waals surface area contributed by atoms with Gasteiger partial charge < -0.3 is 11.1 Å². The van der Waals surface area contributed by atoms with Gasteiger partial charge in [0.2, 0.25) is 5.91 Å². The molecule has 0 heterocycles. The summed E-state index contributed by atoms with van der Waals surface area (Å²) in [6.07, 6.45) is 0. The number of nitrogens with one attached hydrogen (secondary N) is 1. The maximum atomic E-state index is 13.0. The van der Waals surface area contributed by atoms with E-state index in [-0.39, 0.29) is 18.8 Å². The summed E-state index contributed by atoms with van der Waals surface area (Å²) in [6, 6.07) is 3.22. The highest BCUT2D eigenvalue weighted by Crippen LogP contribution is 2.15. The van der Waals surface area contributed by atoms with Crippen molar-refractivity contribution >= 4 is 11.6 Å². The lowest BCUT2D eigenvalue weighted by Crippen LogP contribution is -2.28. The quantitative estimate of drug-likeness (QED) is 0.558. The summed E-state index contributed by atoms with van der Waals surface area (Å²) in [6.45, 7) is 0.0752. The lowest BCUT2D eigenvalue weighted by atomic mass is 10.2. The van der Waals surface area contributed by atoms with Gasteiger partial charge in [0.15, 0.2) is 0 Å². The maximum absolute atomic E-state index is 13.0. The van der Waals surface area contributed by atoms with Crippen LogP contribution < -0.4 is 11.1 Å². The Bertz CT molecular complexity index is 422. The summed E-state index contributed by atoms with van der Waals surface area (Å²) in [5, 5.41) is 13.1. The van der Waals surface area contributed by atoms with Crippen molar-refractivity contribution in [2.45, 2.75) is 6.54 Å². The van der Waals surface area contributed by atoms with Crippen molar-refractivity contribution in [2.24, 2.45) is 5.73 Å². The van der Waals surface area contributed by atoms with Crippen molar-refractivity contribution in [1.82, 2.24) is 5.32 Å². The number of nitro groups is 1. The summed E-state index contributed by atoms with van der Waals surface area (Å²) in [7, 11) is 0. The number of non-ortho nitro benzene ring substituents is 1. The Hall–Kier alpha value is -2.02. The molecule has 1 aromatic carbocycles. The molecule has 0 aliphatic rings. The first kappa shape index (κ1) is 12.1. The van der Waals surface area contributed by atoms with Crippen molar-refractivity contribution < 1.29 is 14.1 Å². The first-order chi connectivity index (χ1) is 7.49. The lowest BCUT2D eigenvalue weighted by Gasteiger charge is -2.02. The van der Waals surface area contributed by atoms with Crippen LogP contribution in [0.3, 0.4) is 0 Å².